The lowest BCUT2D eigenvalue weighted by molar-refractivity contribution is 0.660. The molecule has 0 fully saturated rings. The number of nitrogens with zero attached hydrogens (tertiary/aromatic N) is 3. The Morgan fingerprint density at radius 3 is 1.87 bits per heavy atom. The normalized spacial score (nSPS) is 13.1. The number of rotatable bonds is 4. The Labute approximate surface area is 317 Å². The van der Waals surface area contributed by atoms with Gasteiger partial charge in [0, 0.05) is 48.5 Å². The number of aromatic nitrogens is 3. The average Bonchev–Trinajstić information content (AvgIpc) is 3.72. The molecule has 4 heteroatoms. The summed E-state index contributed by atoms with van der Waals surface area (Å²) in [5.74, 6) is 0.719. The zero-order valence-electron chi connectivity index (χ0n) is 29.8. The first kappa shape index (κ1) is 31.1. The lowest BCUT2D eigenvalue weighted by Gasteiger charge is -2.22. The largest absolute Gasteiger partial charge is 0.236 e. The predicted molar refractivity (Wildman–Crippen MR) is 227 cm³/mol. The summed E-state index contributed by atoms with van der Waals surface area (Å²) in [6.45, 7) is 4.64. The molecule has 3 heterocycles. The molecular formula is C50H33N3S. The van der Waals surface area contributed by atoms with Crippen molar-refractivity contribution in [2.45, 2.75) is 19.3 Å². The number of benzene rings is 7. The Morgan fingerprint density at radius 2 is 1.04 bits per heavy atom. The first-order chi connectivity index (χ1) is 26.5. The van der Waals surface area contributed by atoms with E-state index in [0.717, 1.165) is 66.1 Å². The Balaban J connectivity index is 1.12. The second-order valence-corrected chi connectivity index (χ2v) is 15.8. The molecule has 254 valence electrons. The minimum absolute atomic E-state index is 0.120. The highest BCUT2D eigenvalue weighted by atomic mass is 32.1. The van der Waals surface area contributed by atoms with Crippen LogP contribution in [0.2, 0.25) is 0 Å². The van der Waals surface area contributed by atoms with Crippen LogP contribution < -0.4 is 0 Å². The zero-order chi connectivity index (χ0) is 36.0. The van der Waals surface area contributed by atoms with E-state index in [0.29, 0.717) is 0 Å². The highest BCUT2D eigenvalue weighted by Crippen LogP contribution is 2.50. The molecule has 3 aromatic heterocycles. The van der Waals surface area contributed by atoms with E-state index in [-0.39, 0.29) is 5.41 Å². The molecule has 0 spiro atoms. The van der Waals surface area contributed by atoms with Crippen molar-refractivity contribution in [2.24, 2.45) is 0 Å². The Kier molecular flexibility index (Phi) is 6.77. The molecule has 3 nitrogen and oxygen atoms in total. The van der Waals surface area contributed by atoms with Gasteiger partial charge in [0.2, 0.25) is 0 Å². The van der Waals surface area contributed by atoms with Crippen molar-refractivity contribution in [1.82, 2.24) is 15.0 Å². The molecule has 0 unspecified atom stereocenters. The van der Waals surface area contributed by atoms with Gasteiger partial charge < -0.3 is 0 Å². The van der Waals surface area contributed by atoms with Crippen LogP contribution in [0.15, 0.2) is 164 Å². The summed E-state index contributed by atoms with van der Waals surface area (Å²) in [7, 11) is 0. The SMILES string of the molecule is CC1(C)c2ccccc2-c2ccc(-c3nc(-c4ccccc4)cc(-c4ccc(-c5nc6sc7ccccc7c6c6ccccc56)c5ccccc45)n3)cc21. The van der Waals surface area contributed by atoms with Gasteiger partial charge >= 0.3 is 0 Å². The Bertz CT molecular complexity index is 3140. The highest BCUT2D eigenvalue weighted by molar-refractivity contribution is 7.25. The summed E-state index contributed by atoms with van der Waals surface area (Å²) in [6, 6.07) is 58.6. The first-order valence-electron chi connectivity index (χ1n) is 18.4. The summed E-state index contributed by atoms with van der Waals surface area (Å²) < 4.78 is 1.26. The third kappa shape index (κ3) is 4.63. The lowest BCUT2D eigenvalue weighted by atomic mass is 9.82. The van der Waals surface area contributed by atoms with E-state index in [1.165, 1.54) is 43.1 Å². The minimum atomic E-state index is -0.120. The van der Waals surface area contributed by atoms with E-state index in [9.17, 15) is 0 Å². The fourth-order valence-electron chi connectivity index (χ4n) is 8.69. The number of fused-ring (bicyclic) bond motifs is 9. The molecular weight excluding hydrogens is 675 g/mol. The van der Waals surface area contributed by atoms with Gasteiger partial charge in [0.25, 0.3) is 0 Å². The van der Waals surface area contributed by atoms with Gasteiger partial charge in [-0.3, -0.25) is 0 Å². The van der Waals surface area contributed by atoms with E-state index in [1.807, 2.05) is 6.07 Å². The summed E-state index contributed by atoms with van der Waals surface area (Å²) in [5.41, 5.74) is 12.2. The number of hydrogen-bond acceptors (Lipinski definition) is 4. The van der Waals surface area contributed by atoms with Gasteiger partial charge in [-0.05, 0) is 56.6 Å². The third-order valence-corrected chi connectivity index (χ3v) is 12.4. The maximum Gasteiger partial charge on any atom is 0.160 e. The van der Waals surface area contributed by atoms with Crippen LogP contribution in [-0.4, -0.2) is 15.0 Å². The van der Waals surface area contributed by atoms with Crippen molar-refractivity contribution in [1.29, 1.82) is 0 Å². The molecule has 0 amide bonds. The molecule has 1 aliphatic carbocycles. The maximum absolute atomic E-state index is 5.42. The van der Waals surface area contributed by atoms with Crippen LogP contribution >= 0.6 is 11.3 Å². The first-order valence-corrected chi connectivity index (χ1v) is 19.3. The molecule has 0 radical (unpaired) electrons. The van der Waals surface area contributed by atoms with Gasteiger partial charge in [0.05, 0.1) is 17.1 Å². The van der Waals surface area contributed by atoms with Crippen molar-refractivity contribution >= 4 is 53.2 Å². The zero-order valence-corrected chi connectivity index (χ0v) is 30.7. The van der Waals surface area contributed by atoms with E-state index >= 15 is 0 Å². The van der Waals surface area contributed by atoms with E-state index in [2.05, 4.69) is 172 Å². The van der Waals surface area contributed by atoms with Crippen LogP contribution in [0, 0.1) is 0 Å². The molecule has 54 heavy (non-hydrogen) atoms. The quantitative estimate of drug-likeness (QED) is 0.183. The minimum Gasteiger partial charge on any atom is -0.236 e. The van der Waals surface area contributed by atoms with Gasteiger partial charge in [-0.25, -0.2) is 15.0 Å². The van der Waals surface area contributed by atoms with Crippen molar-refractivity contribution in [3.63, 3.8) is 0 Å². The third-order valence-electron chi connectivity index (χ3n) is 11.3. The standard InChI is InChI=1S/C50H33N3S/c1-50(2)41-22-12-10-18-34(41)35-25-24-31(28-42(35)50)48-51-43(30-14-4-3-5-15-30)29-44(52-48)36-26-27-39(33-17-7-6-16-32(33)36)47-38-20-9-8-19-37(38)46-40-21-11-13-23-45(40)54-49(46)53-47/h3-29H,1-2H3. The molecule has 0 N–H and O–H groups in total. The number of hydrogen-bond donors (Lipinski definition) is 0. The van der Waals surface area contributed by atoms with Crippen LogP contribution in [0.25, 0.3) is 98.1 Å². The van der Waals surface area contributed by atoms with Gasteiger partial charge in [0.1, 0.15) is 4.83 Å². The van der Waals surface area contributed by atoms with Crippen LogP contribution in [0.1, 0.15) is 25.0 Å². The molecule has 0 aliphatic heterocycles. The summed E-state index contributed by atoms with van der Waals surface area (Å²) in [4.78, 5) is 17.1. The molecule has 0 saturated heterocycles. The van der Waals surface area contributed by atoms with Gasteiger partial charge in [-0.15, -0.1) is 11.3 Å². The summed E-state index contributed by atoms with van der Waals surface area (Å²) >= 11 is 1.77. The van der Waals surface area contributed by atoms with E-state index in [4.69, 9.17) is 15.0 Å². The second kappa shape index (κ2) is 11.8. The van der Waals surface area contributed by atoms with Crippen molar-refractivity contribution in [3.05, 3.63) is 175 Å². The Morgan fingerprint density at radius 1 is 0.426 bits per heavy atom. The topological polar surface area (TPSA) is 38.7 Å². The fraction of sp³-hybridized carbons (Fsp3) is 0.0600. The summed E-state index contributed by atoms with van der Waals surface area (Å²) in [6.07, 6.45) is 0. The van der Waals surface area contributed by atoms with Gasteiger partial charge in [0.15, 0.2) is 5.82 Å². The molecule has 0 atom stereocenters. The van der Waals surface area contributed by atoms with E-state index in [1.54, 1.807) is 11.3 Å². The molecule has 11 rings (SSSR count). The molecule has 10 aromatic rings. The summed E-state index contributed by atoms with van der Waals surface area (Å²) in [5, 5.41) is 7.16. The van der Waals surface area contributed by atoms with Crippen molar-refractivity contribution in [3.8, 4) is 56.3 Å². The monoisotopic (exact) mass is 707 g/mol. The predicted octanol–water partition coefficient (Wildman–Crippen LogP) is 13.5. The van der Waals surface area contributed by atoms with Crippen molar-refractivity contribution < 1.29 is 0 Å². The van der Waals surface area contributed by atoms with Gasteiger partial charge in [-0.1, -0.05) is 159 Å². The molecule has 7 aromatic carbocycles. The lowest BCUT2D eigenvalue weighted by Crippen LogP contribution is -2.15. The number of pyridine rings is 1. The van der Waals surface area contributed by atoms with Crippen LogP contribution in [0.3, 0.4) is 0 Å². The maximum atomic E-state index is 5.42. The fourth-order valence-corrected chi connectivity index (χ4v) is 9.78. The highest BCUT2D eigenvalue weighted by Gasteiger charge is 2.35. The van der Waals surface area contributed by atoms with Crippen LogP contribution in [-0.2, 0) is 5.41 Å². The molecule has 0 bridgehead atoms. The second-order valence-electron chi connectivity index (χ2n) is 14.7. The van der Waals surface area contributed by atoms with E-state index < -0.39 is 0 Å². The molecule has 1 aliphatic rings. The smallest absolute Gasteiger partial charge is 0.160 e. The molecule has 0 saturated carbocycles. The van der Waals surface area contributed by atoms with Gasteiger partial charge in [-0.2, -0.15) is 0 Å². The van der Waals surface area contributed by atoms with Crippen LogP contribution in [0.5, 0.6) is 0 Å². The van der Waals surface area contributed by atoms with Crippen LogP contribution in [0.4, 0.5) is 0 Å². The van der Waals surface area contributed by atoms with Crippen molar-refractivity contribution in [2.75, 3.05) is 0 Å². The Hall–Kier alpha value is -6.49. The number of thiophene rings is 1. The average molecular weight is 708 g/mol.